The average Bonchev–Trinajstić information content (AvgIpc) is 2.24. The first-order chi connectivity index (χ1) is 7.65. The summed E-state index contributed by atoms with van der Waals surface area (Å²) in [4.78, 5) is 11.4. The molecule has 2 N–H and O–H groups in total. The van der Waals surface area contributed by atoms with Gasteiger partial charge in [0, 0.05) is 12.6 Å². The van der Waals surface area contributed by atoms with Crippen molar-refractivity contribution in [3.8, 4) is 0 Å². The van der Waals surface area contributed by atoms with Gasteiger partial charge in [0.25, 0.3) is 5.91 Å². The molecule has 0 fully saturated rings. The standard InChI is InChI=1S/C11H14F2N2O.ClH/c1-14-5-2-6-15-11(16)9-4-3-8(12)7-10(9)13;/h3-4,7,14H,2,5-6H2,1H3,(H,15,16);1H. The fraction of sp³-hybridized carbons (Fsp3) is 0.364. The summed E-state index contributed by atoms with van der Waals surface area (Å²) in [7, 11) is 1.81. The van der Waals surface area contributed by atoms with Gasteiger partial charge in [-0.3, -0.25) is 4.79 Å². The van der Waals surface area contributed by atoms with E-state index in [0.29, 0.717) is 12.6 Å². The lowest BCUT2D eigenvalue weighted by Gasteiger charge is -2.05. The van der Waals surface area contributed by atoms with Gasteiger partial charge in [-0.05, 0) is 32.1 Å². The molecule has 0 heterocycles. The zero-order valence-electron chi connectivity index (χ0n) is 9.43. The number of hydrogen-bond acceptors (Lipinski definition) is 2. The van der Waals surface area contributed by atoms with Crippen molar-refractivity contribution in [2.24, 2.45) is 0 Å². The van der Waals surface area contributed by atoms with Gasteiger partial charge >= 0.3 is 0 Å². The van der Waals surface area contributed by atoms with Gasteiger partial charge in [0.05, 0.1) is 5.56 Å². The average molecular weight is 265 g/mol. The molecule has 6 heteroatoms. The van der Waals surface area contributed by atoms with Crippen LogP contribution in [0, 0.1) is 11.6 Å². The topological polar surface area (TPSA) is 41.1 Å². The summed E-state index contributed by atoms with van der Waals surface area (Å²) in [6, 6.07) is 2.90. The fourth-order valence-electron chi connectivity index (χ4n) is 1.24. The van der Waals surface area contributed by atoms with Crippen LogP contribution in [0.2, 0.25) is 0 Å². The molecule has 0 unspecified atom stereocenters. The lowest BCUT2D eigenvalue weighted by atomic mass is 10.2. The van der Waals surface area contributed by atoms with Gasteiger partial charge in [-0.15, -0.1) is 12.4 Å². The van der Waals surface area contributed by atoms with Crippen LogP contribution in [-0.4, -0.2) is 26.0 Å². The number of carbonyl (C=O) groups excluding carboxylic acids is 1. The molecule has 1 aromatic rings. The van der Waals surface area contributed by atoms with Crippen molar-refractivity contribution < 1.29 is 13.6 Å². The number of nitrogens with one attached hydrogen (secondary N) is 2. The van der Waals surface area contributed by atoms with E-state index in [2.05, 4.69) is 10.6 Å². The summed E-state index contributed by atoms with van der Waals surface area (Å²) < 4.78 is 25.7. The van der Waals surface area contributed by atoms with Gasteiger partial charge in [-0.1, -0.05) is 0 Å². The Morgan fingerprint density at radius 1 is 1.29 bits per heavy atom. The first-order valence-electron chi connectivity index (χ1n) is 5.03. The maximum absolute atomic E-state index is 13.2. The number of hydrogen-bond donors (Lipinski definition) is 2. The van der Waals surface area contributed by atoms with Gasteiger partial charge in [0.15, 0.2) is 0 Å². The van der Waals surface area contributed by atoms with E-state index in [4.69, 9.17) is 0 Å². The Balaban J connectivity index is 0.00000256. The predicted octanol–water partition coefficient (Wildman–Crippen LogP) is 1.73. The number of carbonyl (C=O) groups is 1. The molecular weight excluding hydrogens is 250 g/mol. The van der Waals surface area contributed by atoms with Gasteiger partial charge in [-0.2, -0.15) is 0 Å². The van der Waals surface area contributed by atoms with Crippen molar-refractivity contribution in [3.05, 3.63) is 35.4 Å². The number of benzene rings is 1. The largest absolute Gasteiger partial charge is 0.352 e. The third-order valence-electron chi connectivity index (χ3n) is 2.06. The maximum Gasteiger partial charge on any atom is 0.254 e. The first-order valence-corrected chi connectivity index (χ1v) is 5.03. The van der Waals surface area contributed by atoms with E-state index in [1.807, 2.05) is 7.05 Å². The van der Waals surface area contributed by atoms with Crippen molar-refractivity contribution in [1.29, 1.82) is 0 Å². The molecule has 0 saturated heterocycles. The zero-order valence-corrected chi connectivity index (χ0v) is 10.2. The molecule has 0 bridgehead atoms. The highest BCUT2D eigenvalue weighted by atomic mass is 35.5. The lowest BCUT2D eigenvalue weighted by molar-refractivity contribution is 0.0949. The highest BCUT2D eigenvalue weighted by Crippen LogP contribution is 2.08. The second kappa shape index (κ2) is 7.97. The molecule has 0 aromatic heterocycles. The van der Waals surface area contributed by atoms with Crippen molar-refractivity contribution in [3.63, 3.8) is 0 Å². The monoisotopic (exact) mass is 264 g/mol. The minimum absolute atomic E-state index is 0. The summed E-state index contributed by atoms with van der Waals surface area (Å²) in [6.07, 6.45) is 0.755. The Kier molecular flexibility index (Phi) is 7.41. The molecule has 1 aromatic carbocycles. The predicted molar refractivity (Wildman–Crippen MR) is 64.5 cm³/mol. The highest BCUT2D eigenvalue weighted by molar-refractivity contribution is 5.94. The molecule has 1 rings (SSSR count). The normalized spacial score (nSPS) is 9.59. The number of amides is 1. The summed E-state index contributed by atoms with van der Waals surface area (Å²) in [5.41, 5.74) is -0.133. The van der Waals surface area contributed by atoms with Crippen molar-refractivity contribution in [2.75, 3.05) is 20.1 Å². The maximum atomic E-state index is 13.2. The minimum Gasteiger partial charge on any atom is -0.352 e. The van der Waals surface area contributed by atoms with E-state index in [0.717, 1.165) is 25.1 Å². The van der Waals surface area contributed by atoms with E-state index in [1.165, 1.54) is 0 Å². The van der Waals surface area contributed by atoms with Gasteiger partial charge in [-0.25, -0.2) is 8.78 Å². The molecule has 0 radical (unpaired) electrons. The Morgan fingerprint density at radius 3 is 2.59 bits per heavy atom. The number of halogens is 3. The van der Waals surface area contributed by atoms with Crippen molar-refractivity contribution in [1.82, 2.24) is 10.6 Å². The molecule has 0 aliphatic carbocycles. The van der Waals surface area contributed by atoms with E-state index < -0.39 is 17.5 Å². The summed E-state index contributed by atoms with van der Waals surface area (Å²) >= 11 is 0. The Morgan fingerprint density at radius 2 is 2.00 bits per heavy atom. The van der Waals surface area contributed by atoms with Crippen LogP contribution < -0.4 is 10.6 Å². The summed E-state index contributed by atoms with van der Waals surface area (Å²) in [5.74, 6) is -2.05. The van der Waals surface area contributed by atoms with E-state index in [1.54, 1.807) is 0 Å². The summed E-state index contributed by atoms with van der Waals surface area (Å²) in [6.45, 7) is 1.22. The van der Waals surface area contributed by atoms with Crippen molar-refractivity contribution >= 4 is 18.3 Å². The third kappa shape index (κ3) is 5.10. The van der Waals surface area contributed by atoms with Crippen LogP contribution in [-0.2, 0) is 0 Å². The molecule has 1 amide bonds. The molecular formula is C11H15ClF2N2O. The van der Waals surface area contributed by atoms with Crippen molar-refractivity contribution in [2.45, 2.75) is 6.42 Å². The minimum atomic E-state index is -0.842. The zero-order chi connectivity index (χ0) is 12.0. The highest BCUT2D eigenvalue weighted by Gasteiger charge is 2.11. The van der Waals surface area contributed by atoms with Crippen LogP contribution in [0.5, 0.6) is 0 Å². The fourth-order valence-corrected chi connectivity index (χ4v) is 1.24. The molecule has 0 atom stereocenters. The van der Waals surface area contributed by atoms with Crippen LogP contribution in [0.1, 0.15) is 16.8 Å². The Hall–Kier alpha value is -1.20. The van der Waals surface area contributed by atoms with E-state index in [-0.39, 0.29) is 18.0 Å². The van der Waals surface area contributed by atoms with Crippen LogP contribution in [0.4, 0.5) is 8.78 Å². The molecule has 96 valence electrons. The molecule has 17 heavy (non-hydrogen) atoms. The quantitative estimate of drug-likeness (QED) is 0.796. The van der Waals surface area contributed by atoms with E-state index >= 15 is 0 Å². The molecule has 0 saturated carbocycles. The summed E-state index contributed by atoms with van der Waals surface area (Å²) in [5, 5.41) is 5.48. The second-order valence-electron chi connectivity index (χ2n) is 3.34. The Bertz CT molecular complexity index is 374. The lowest BCUT2D eigenvalue weighted by Crippen LogP contribution is -2.27. The van der Waals surface area contributed by atoms with E-state index in [9.17, 15) is 13.6 Å². The van der Waals surface area contributed by atoms with Gasteiger partial charge in [0.1, 0.15) is 11.6 Å². The van der Waals surface area contributed by atoms with Crippen LogP contribution >= 0.6 is 12.4 Å². The molecule has 0 aliphatic heterocycles. The smallest absolute Gasteiger partial charge is 0.254 e. The SMILES string of the molecule is CNCCCNC(=O)c1ccc(F)cc1F.Cl. The van der Waals surface area contributed by atoms with Crippen LogP contribution in [0.15, 0.2) is 18.2 Å². The molecule has 3 nitrogen and oxygen atoms in total. The van der Waals surface area contributed by atoms with Crippen LogP contribution in [0.3, 0.4) is 0 Å². The molecule has 0 spiro atoms. The molecule has 0 aliphatic rings. The second-order valence-corrected chi connectivity index (χ2v) is 3.34. The van der Waals surface area contributed by atoms with Crippen LogP contribution in [0.25, 0.3) is 0 Å². The van der Waals surface area contributed by atoms with Gasteiger partial charge in [0.2, 0.25) is 0 Å². The Labute approximate surface area is 105 Å². The first kappa shape index (κ1) is 15.8. The number of rotatable bonds is 5. The van der Waals surface area contributed by atoms with Gasteiger partial charge < -0.3 is 10.6 Å². The third-order valence-corrected chi connectivity index (χ3v) is 2.06.